The number of benzene rings is 1. The van der Waals surface area contributed by atoms with Gasteiger partial charge in [-0.05, 0) is 18.9 Å². The van der Waals surface area contributed by atoms with E-state index >= 15 is 0 Å². The third kappa shape index (κ3) is 4.20. The third-order valence-corrected chi connectivity index (χ3v) is 4.63. The summed E-state index contributed by atoms with van der Waals surface area (Å²) in [6.45, 7) is 0.625. The highest BCUT2D eigenvalue weighted by atomic mass is 19.1. The second-order valence-electron chi connectivity index (χ2n) is 6.70. The zero-order chi connectivity index (χ0) is 21.1. The summed E-state index contributed by atoms with van der Waals surface area (Å²) in [7, 11) is 1.56. The first-order valence-corrected chi connectivity index (χ1v) is 8.99. The third-order valence-electron chi connectivity index (χ3n) is 4.63. The van der Waals surface area contributed by atoms with Gasteiger partial charge in [0, 0.05) is 44.5 Å². The van der Waals surface area contributed by atoms with Gasteiger partial charge >= 0.3 is 0 Å². The Morgan fingerprint density at radius 3 is 2.76 bits per heavy atom. The molecular weight excluding hydrogens is 386 g/mol. The summed E-state index contributed by atoms with van der Waals surface area (Å²) >= 11 is 0. The number of hydrogen-bond donors (Lipinski definition) is 3. The summed E-state index contributed by atoms with van der Waals surface area (Å²) in [5, 5.41) is 12.7. The van der Waals surface area contributed by atoms with Crippen LogP contribution in [0.25, 0.3) is 0 Å². The molecule has 3 N–H and O–H groups in total. The van der Waals surface area contributed by atoms with Gasteiger partial charge < -0.3 is 20.7 Å². The molecule has 29 heavy (non-hydrogen) atoms. The van der Waals surface area contributed by atoms with Crippen molar-refractivity contribution in [2.24, 2.45) is 0 Å². The van der Waals surface area contributed by atoms with Crippen LogP contribution < -0.4 is 16.2 Å². The van der Waals surface area contributed by atoms with Gasteiger partial charge in [0.1, 0.15) is 17.2 Å². The van der Waals surface area contributed by atoms with Crippen molar-refractivity contribution in [1.29, 1.82) is 0 Å². The van der Waals surface area contributed by atoms with Gasteiger partial charge in [0.15, 0.2) is 11.4 Å². The molecule has 0 fully saturated rings. The normalized spacial score (nSPS) is 14.3. The molecule has 154 valence electrons. The lowest BCUT2D eigenvalue weighted by Gasteiger charge is -2.20. The van der Waals surface area contributed by atoms with Gasteiger partial charge in [0.2, 0.25) is 5.43 Å². The first-order valence-electron chi connectivity index (χ1n) is 8.99. The van der Waals surface area contributed by atoms with E-state index in [1.54, 1.807) is 7.05 Å². The van der Waals surface area contributed by atoms with Crippen LogP contribution in [0, 0.1) is 11.6 Å². The van der Waals surface area contributed by atoms with Gasteiger partial charge in [-0.25, -0.2) is 8.78 Å². The first-order chi connectivity index (χ1) is 13.8. The molecule has 10 heteroatoms. The molecule has 1 aliphatic heterocycles. The molecule has 0 spiro atoms. The molecule has 8 nitrogen and oxygen atoms in total. The molecule has 0 atom stereocenters. The molecular formula is C19H20F2N4O4. The Bertz CT molecular complexity index is 1020. The fourth-order valence-electron chi connectivity index (χ4n) is 2.98. The van der Waals surface area contributed by atoms with Gasteiger partial charge in [-0.2, -0.15) is 0 Å². The lowest BCUT2D eigenvalue weighted by atomic mass is 10.1. The van der Waals surface area contributed by atoms with E-state index in [1.807, 2.05) is 0 Å². The zero-order valence-corrected chi connectivity index (χ0v) is 15.7. The molecule has 2 amide bonds. The number of aromatic hydroxyl groups is 1. The number of pyridine rings is 1. The Morgan fingerprint density at radius 2 is 2.03 bits per heavy atom. The van der Waals surface area contributed by atoms with Crippen molar-refractivity contribution in [3.63, 3.8) is 0 Å². The Morgan fingerprint density at radius 1 is 1.28 bits per heavy atom. The van der Waals surface area contributed by atoms with E-state index in [1.165, 1.54) is 11.0 Å². The maximum absolute atomic E-state index is 13.7. The topological polar surface area (TPSA) is 104 Å². The van der Waals surface area contributed by atoms with Crippen LogP contribution in [0.5, 0.6) is 5.75 Å². The van der Waals surface area contributed by atoms with E-state index in [4.69, 9.17) is 0 Å². The fourth-order valence-corrected chi connectivity index (χ4v) is 2.98. The Balaban J connectivity index is 1.91. The van der Waals surface area contributed by atoms with Gasteiger partial charge in [-0.1, -0.05) is 6.07 Å². The summed E-state index contributed by atoms with van der Waals surface area (Å²) < 4.78 is 27.9. The van der Waals surface area contributed by atoms with E-state index in [0.717, 1.165) is 29.8 Å². The van der Waals surface area contributed by atoms with Crippen LogP contribution in [0.4, 0.5) is 8.78 Å². The van der Waals surface area contributed by atoms with Crippen LogP contribution in [0.3, 0.4) is 0 Å². The second kappa shape index (κ2) is 8.29. The quantitative estimate of drug-likeness (QED) is 0.710. The molecule has 0 aliphatic carbocycles. The molecule has 0 radical (unpaired) electrons. The predicted octanol–water partition coefficient (Wildman–Crippen LogP) is 1.17. The van der Waals surface area contributed by atoms with Gasteiger partial charge in [0.05, 0.1) is 0 Å². The summed E-state index contributed by atoms with van der Waals surface area (Å²) in [4.78, 5) is 38.9. The molecule has 1 aromatic heterocycles. The molecule has 0 saturated heterocycles. The molecule has 2 heterocycles. The van der Waals surface area contributed by atoms with E-state index < -0.39 is 40.2 Å². The smallest absolute Gasteiger partial charge is 0.276 e. The maximum atomic E-state index is 13.7. The minimum atomic E-state index is -1.02. The van der Waals surface area contributed by atoms with Crippen molar-refractivity contribution >= 4 is 11.8 Å². The van der Waals surface area contributed by atoms with E-state index in [2.05, 4.69) is 10.7 Å². The molecule has 0 unspecified atom stereocenters. The number of aromatic nitrogens is 1. The lowest BCUT2D eigenvalue weighted by molar-refractivity contribution is 0.0780. The summed E-state index contributed by atoms with van der Waals surface area (Å²) in [6.07, 6.45) is 2.59. The monoisotopic (exact) mass is 406 g/mol. The van der Waals surface area contributed by atoms with E-state index in [9.17, 15) is 28.3 Å². The van der Waals surface area contributed by atoms with Gasteiger partial charge in [-0.3, -0.25) is 19.1 Å². The minimum absolute atomic E-state index is 0.0294. The number of fused-ring (bicyclic) bond motifs is 1. The van der Waals surface area contributed by atoms with Crippen LogP contribution in [0.15, 0.2) is 29.2 Å². The molecule has 1 aliphatic rings. The molecule has 3 rings (SSSR count). The number of amides is 2. The number of carbonyl (C=O) groups excluding carboxylic acids is 2. The molecule has 0 bridgehead atoms. The van der Waals surface area contributed by atoms with Crippen LogP contribution in [-0.4, -0.2) is 46.6 Å². The number of halogens is 2. The molecule has 0 saturated carbocycles. The van der Waals surface area contributed by atoms with Crippen molar-refractivity contribution in [2.45, 2.75) is 19.4 Å². The van der Waals surface area contributed by atoms with Crippen molar-refractivity contribution < 1.29 is 23.5 Å². The van der Waals surface area contributed by atoms with Crippen molar-refractivity contribution in [3.8, 4) is 5.75 Å². The van der Waals surface area contributed by atoms with Gasteiger partial charge in [-0.15, -0.1) is 0 Å². The standard InChI is InChI=1S/C19H20F2N4O4/c1-24-7-3-2-6-23-25-10-13(16(26)17(27)15(25)19(24)29)18(28)22-9-11-4-5-12(20)8-14(11)21/h4-5,8,10,23,27H,2-3,6-7,9H2,1H3,(H,22,28). The highest BCUT2D eigenvalue weighted by molar-refractivity contribution is 5.98. The summed E-state index contributed by atoms with van der Waals surface area (Å²) in [5.41, 5.74) is 1.23. The summed E-state index contributed by atoms with van der Waals surface area (Å²) in [5.74, 6) is -3.87. The number of nitrogens with zero attached hydrogens (tertiary/aromatic N) is 2. The van der Waals surface area contributed by atoms with E-state index in [0.29, 0.717) is 19.2 Å². The minimum Gasteiger partial charge on any atom is -0.502 e. The number of nitrogens with one attached hydrogen (secondary N) is 2. The maximum Gasteiger partial charge on any atom is 0.276 e. The van der Waals surface area contributed by atoms with Crippen molar-refractivity contribution in [3.05, 3.63) is 63.1 Å². The average Bonchev–Trinajstić information content (AvgIpc) is 2.74. The molecule has 2 aromatic rings. The Kier molecular flexibility index (Phi) is 5.81. The Labute approximate surface area is 164 Å². The fraction of sp³-hybridized carbons (Fsp3) is 0.316. The Hall–Kier alpha value is -3.43. The van der Waals surface area contributed by atoms with Crippen LogP contribution in [-0.2, 0) is 6.54 Å². The number of carbonyl (C=O) groups is 2. The van der Waals surface area contributed by atoms with Crippen LogP contribution in [0.2, 0.25) is 0 Å². The van der Waals surface area contributed by atoms with Crippen LogP contribution >= 0.6 is 0 Å². The lowest BCUT2D eigenvalue weighted by Crippen LogP contribution is -2.36. The highest BCUT2D eigenvalue weighted by Gasteiger charge is 2.26. The largest absolute Gasteiger partial charge is 0.502 e. The van der Waals surface area contributed by atoms with E-state index in [-0.39, 0.29) is 17.8 Å². The van der Waals surface area contributed by atoms with Crippen molar-refractivity contribution in [2.75, 3.05) is 25.6 Å². The number of rotatable bonds is 3. The highest BCUT2D eigenvalue weighted by Crippen LogP contribution is 2.17. The summed E-state index contributed by atoms with van der Waals surface area (Å²) in [6, 6.07) is 2.91. The molecule has 1 aromatic carbocycles. The predicted molar refractivity (Wildman–Crippen MR) is 100 cm³/mol. The second-order valence-corrected chi connectivity index (χ2v) is 6.70. The first kappa shape index (κ1) is 20.3. The zero-order valence-electron chi connectivity index (χ0n) is 15.7. The van der Waals surface area contributed by atoms with Crippen LogP contribution in [0.1, 0.15) is 39.3 Å². The van der Waals surface area contributed by atoms with Crippen molar-refractivity contribution in [1.82, 2.24) is 14.9 Å². The SMILES string of the molecule is CN1CCCCNn2cc(C(=O)NCc3ccc(F)cc3F)c(=O)c(O)c2C1=O. The number of hydrogen-bond acceptors (Lipinski definition) is 5. The average molecular weight is 406 g/mol. The van der Waals surface area contributed by atoms with Gasteiger partial charge in [0.25, 0.3) is 11.8 Å².